The van der Waals surface area contributed by atoms with Crippen molar-refractivity contribution >= 4 is 64.7 Å². The summed E-state index contributed by atoms with van der Waals surface area (Å²) in [6.45, 7) is 10.1. The Hall–Kier alpha value is -4.97. The van der Waals surface area contributed by atoms with E-state index < -0.39 is 16.1 Å². The van der Waals surface area contributed by atoms with Crippen molar-refractivity contribution < 1.29 is 0 Å². The normalized spacial score (nSPS) is 14.7. The van der Waals surface area contributed by atoms with E-state index in [2.05, 4.69) is 183 Å². The number of fused-ring (bicyclic) bond motifs is 7. The Bertz CT molecular complexity index is 2380. The summed E-state index contributed by atoms with van der Waals surface area (Å²) in [6.07, 6.45) is 0. The van der Waals surface area contributed by atoms with Gasteiger partial charge in [-0.1, -0.05) is 148 Å². The molecule has 0 fully saturated rings. The van der Waals surface area contributed by atoms with Crippen LogP contribution >= 0.6 is 0 Å². The number of nitrogens with zero attached hydrogens (tertiary/aromatic N) is 1. The van der Waals surface area contributed by atoms with Crippen LogP contribution in [-0.4, -0.2) is 16.1 Å². The van der Waals surface area contributed by atoms with E-state index >= 15 is 0 Å². The molecule has 2 aliphatic rings. The number of hydrogen-bond donors (Lipinski definition) is 0. The van der Waals surface area contributed by atoms with Crippen molar-refractivity contribution in [1.82, 2.24) is 0 Å². The second kappa shape index (κ2) is 10.3. The van der Waals surface area contributed by atoms with Crippen LogP contribution in [0.2, 0.25) is 26.2 Å². The van der Waals surface area contributed by atoms with Gasteiger partial charge in [0.1, 0.15) is 16.1 Å². The van der Waals surface area contributed by atoms with Crippen molar-refractivity contribution in [3.63, 3.8) is 0 Å². The summed E-state index contributed by atoms with van der Waals surface area (Å²) in [5.74, 6) is 0. The van der Waals surface area contributed by atoms with E-state index in [4.69, 9.17) is 0 Å². The Morgan fingerprint density at radius 2 is 0.979 bits per heavy atom. The van der Waals surface area contributed by atoms with Crippen molar-refractivity contribution in [2.75, 3.05) is 4.90 Å². The molecule has 0 saturated heterocycles. The van der Waals surface area contributed by atoms with Crippen LogP contribution in [0.3, 0.4) is 0 Å². The molecule has 7 aromatic carbocycles. The molecule has 0 amide bonds. The van der Waals surface area contributed by atoms with E-state index in [-0.39, 0.29) is 0 Å². The lowest BCUT2D eigenvalue weighted by atomic mass is 9.97. The van der Waals surface area contributed by atoms with Gasteiger partial charge >= 0.3 is 0 Å². The predicted octanol–water partition coefficient (Wildman–Crippen LogP) is 9.58. The number of rotatable bonds is 4. The lowest BCUT2D eigenvalue weighted by Crippen LogP contribution is -2.51. The van der Waals surface area contributed by atoms with Gasteiger partial charge in [0.25, 0.3) is 0 Å². The van der Waals surface area contributed by atoms with Crippen molar-refractivity contribution in [3.05, 3.63) is 152 Å². The standard InChI is InChI=1S/C44H37NSi2/c1-46(2)41-24-9-7-19-36(41)38-27-26-33(29-43(38)46)45(40-23-13-22-39-37-20-8-10-25-42(37)47(3,4)44(39)40)32-17-11-16-31(28-32)35-21-12-15-30-14-5-6-18-34(30)35/h5-29H,1-4H3. The second-order valence-corrected chi connectivity index (χ2v) is 22.8. The van der Waals surface area contributed by atoms with Crippen LogP contribution in [-0.2, 0) is 0 Å². The molecule has 226 valence electrons. The predicted molar refractivity (Wildman–Crippen MR) is 208 cm³/mol. The quantitative estimate of drug-likeness (QED) is 0.174. The number of hydrogen-bond acceptors (Lipinski definition) is 1. The molecule has 0 unspecified atom stereocenters. The fourth-order valence-electron chi connectivity index (χ4n) is 8.55. The molecule has 1 nitrogen and oxygen atoms in total. The molecular formula is C44H37NSi2. The van der Waals surface area contributed by atoms with E-state index in [9.17, 15) is 0 Å². The highest BCUT2D eigenvalue weighted by Crippen LogP contribution is 2.42. The molecule has 0 saturated carbocycles. The fraction of sp³-hybridized carbons (Fsp3) is 0.0909. The Labute approximate surface area is 279 Å². The molecule has 0 aromatic heterocycles. The van der Waals surface area contributed by atoms with E-state index in [1.54, 1.807) is 5.19 Å². The van der Waals surface area contributed by atoms with Gasteiger partial charge < -0.3 is 4.90 Å². The summed E-state index contributed by atoms with van der Waals surface area (Å²) in [6, 6.07) is 57.1. The third-order valence-corrected chi connectivity index (χ3v) is 17.9. The van der Waals surface area contributed by atoms with Crippen LogP contribution in [0.25, 0.3) is 44.2 Å². The minimum absolute atomic E-state index is 1.19. The van der Waals surface area contributed by atoms with E-state index in [0.717, 1.165) is 0 Å². The van der Waals surface area contributed by atoms with E-state index in [1.165, 1.54) is 76.8 Å². The largest absolute Gasteiger partial charge is 0.311 e. The molecule has 0 bridgehead atoms. The maximum absolute atomic E-state index is 2.57. The highest BCUT2D eigenvalue weighted by Gasteiger charge is 2.41. The zero-order valence-corrected chi connectivity index (χ0v) is 29.4. The Kier molecular flexibility index (Phi) is 6.18. The Morgan fingerprint density at radius 1 is 0.404 bits per heavy atom. The summed E-state index contributed by atoms with van der Waals surface area (Å²) in [5, 5.41) is 8.68. The second-order valence-electron chi connectivity index (χ2n) is 14.2. The maximum Gasteiger partial charge on any atom is 0.116 e. The van der Waals surface area contributed by atoms with Crippen LogP contribution in [0.4, 0.5) is 17.1 Å². The van der Waals surface area contributed by atoms with Crippen LogP contribution in [0.15, 0.2) is 152 Å². The molecule has 9 rings (SSSR count). The summed E-state index contributed by atoms with van der Waals surface area (Å²) in [4.78, 5) is 2.57. The minimum Gasteiger partial charge on any atom is -0.311 e. The van der Waals surface area contributed by atoms with Crippen LogP contribution in [0.1, 0.15) is 0 Å². The average molecular weight is 636 g/mol. The number of benzene rings is 7. The zero-order chi connectivity index (χ0) is 31.9. The van der Waals surface area contributed by atoms with Crippen LogP contribution in [0.5, 0.6) is 0 Å². The third kappa shape index (κ3) is 4.13. The lowest BCUT2D eigenvalue weighted by Gasteiger charge is -2.32. The maximum atomic E-state index is 2.57. The van der Waals surface area contributed by atoms with Crippen molar-refractivity contribution in [2.24, 2.45) is 0 Å². The van der Waals surface area contributed by atoms with Crippen molar-refractivity contribution in [3.8, 4) is 33.4 Å². The molecule has 0 spiro atoms. The molecular weight excluding hydrogens is 599 g/mol. The molecule has 0 radical (unpaired) electrons. The van der Waals surface area contributed by atoms with Gasteiger partial charge in [-0.05, 0) is 95.2 Å². The van der Waals surface area contributed by atoms with Crippen LogP contribution in [0, 0.1) is 0 Å². The van der Waals surface area contributed by atoms with Gasteiger partial charge in [0.2, 0.25) is 0 Å². The summed E-state index contributed by atoms with van der Waals surface area (Å²) < 4.78 is 0. The first-order valence-electron chi connectivity index (χ1n) is 16.7. The molecule has 0 aliphatic carbocycles. The first-order chi connectivity index (χ1) is 22.8. The van der Waals surface area contributed by atoms with Crippen molar-refractivity contribution in [2.45, 2.75) is 26.2 Å². The molecule has 47 heavy (non-hydrogen) atoms. The minimum atomic E-state index is -2.00. The molecule has 2 heterocycles. The molecule has 0 atom stereocenters. The summed E-state index contributed by atoms with van der Waals surface area (Å²) in [7, 11) is -3.88. The molecule has 0 N–H and O–H groups in total. The van der Waals surface area contributed by atoms with Crippen molar-refractivity contribution in [1.29, 1.82) is 0 Å². The molecule has 7 aromatic rings. The van der Waals surface area contributed by atoms with Gasteiger partial charge in [-0.2, -0.15) is 0 Å². The zero-order valence-electron chi connectivity index (χ0n) is 27.4. The SMILES string of the molecule is C[Si]1(C)c2ccccc2-c2ccc(N(c3cccc(-c4cccc5ccccc45)c3)c3cccc4c3[Si](C)(C)c3ccccc3-4)cc21. The van der Waals surface area contributed by atoms with Gasteiger partial charge in [-0.3, -0.25) is 0 Å². The molecule has 2 aliphatic heterocycles. The fourth-order valence-corrected chi connectivity index (χ4v) is 15.0. The summed E-state index contributed by atoms with van der Waals surface area (Å²) >= 11 is 0. The van der Waals surface area contributed by atoms with Crippen LogP contribution < -0.4 is 25.6 Å². The topological polar surface area (TPSA) is 3.24 Å². The van der Waals surface area contributed by atoms with Gasteiger partial charge in [0, 0.05) is 17.1 Å². The third-order valence-electron chi connectivity index (χ3n) is 10.8. The van der Waals surface area contributed by atoms with E-state index in [1.807, 2.05) is 0 Å². The van der Waals surface area contributed by atoms with Gasteiger partial charge in [-0.25, -0.2) is 0 Å². The Morgan fingerprint density at radius 3 is 1.81 bits per heavy atom. The van der Waals surface area contributed by atoms with Gasteiger partial charge in [-0.15, -0.1) is 0 Å². The molecule has 3 heteroatoms. The van der Waals surface area contributed by atoms with Gasteiger partial charge in [0.15, 0.2) is 0 Å². The highest BCUT2D eigenvalue weighted by atomic mass is 28.3. The van der Waals surface area contributed by atoms with E-state index in [0.29, 0.717) is 0 Å². The lowest BCUT2D eigenvalue weighted by molar-refractivity contribution is 1.30. The first kappa shape index (κ1) is 28.3. The average Bonchev–Trinajstić information content (AvgIpc) is 3.48. The first-order valence-corrected chi connectivity index (χ1v) is 22.7. The summed E-state index contributed by atoms with van der Waals surface area (Å²) in [5.41, 5.74) is 11.9. The number of anilines is 3. The monoisotopic (exact) mass is 635 g/mol. The highest BCUT2D eigenvalue weighted by molar-refractivity contribution is 7.05. The smallest absolute Gasteiger partial charge is 0.116 e. The Balaban J connectivity index is 1.29. The van der Waals surface area contributed by atoms with Gasteiger partial charge in [0.05, 0.1) is 0 Å².